The maximum atomic E-state index is 14.6. The third-order valence-electron chi connectivity index (χ3n) is 5.18. The molecule has 2 heterocycles. The average molecular weight is 473 g/mol. The van der Waals surface area contributed by atoms with E-state index in [-0.39, 0.29) is 16.8 Å². The van der Waals surface area contributed by atoms with Crippen LogP contribution in [0, 0.1) is 17.5 Å². The van der Waals surface area contributed by atoms with Crippen molar-refractivity contribution in [3.8, 4) is 5.82 Å². The molecule has 5 rings (SSSR count). The first kappa shape index (κ1) is 22.0. The zero-order valence-electron chi connectivity index (χ0n) is 17.7. The minimum atomic E-state index is -1.36. The normalized spacial score (nSPS) is 10.9. The topological polar surface area (TPSA) is 89.8 Å². The van der Waals surface area contributed by atoms with Gasteiger partial charge in [-0.3, -0.25) is 19.1 Å². The number of nitrogens with zero attached hydrogens (tertiary/aromatic N) is 4. The summed E-state index contributed by atoms with van der Waals surface area (Å²) in [5.41, 5.74) is 0.125. The molecule has 7 nitrogen and oxygen atoms in total. The standard InChI is InChI=1S/C25H14F3N5O2/c26-16-3-1-2-15(8-16)25(35)31-17-10-18(23(28)19(27)11-17)24(34)14-4-5-20-21(9-14)32-22(12-30-20)33-7-6-29-13-33/h1-13H,(H,31,35). The van der Waals surface area contributed by atoms with E-state index in [4.69, 9.17) is 0 Å². The molecule has 1 N–H and O–H groups in total. The van der Waals surface area contributed by atoms with Crippen molar-refractivity contribution in [3.63, 3.8) is 0 Å². The molecule has 0 bridgehead atoms. The molecule has 0 aliphatic rings. The van der Waals surface area contributed by atoms with Crippen LogP contribution < -0.4 is 5.32 Å². The fourth-order valence-corrected chi connectivity index (χ4v) is 3.48. The summed E-state index contributed by atoms with van der Waals surface area (Å²) in [5, 5.41) is 2.36. The molecule has 1 amide bonds. The fraction of sp³-hybridized carbons (Fsp3) is 0. The summed E-state index contributed by atoms with van der Waals surface area (Å²) in [4.78, 5) is 38.2. The van der Waals surface area contributed by atoms with Gasteiger partial charge in [0.05, 0.1) is 22.8 Å². The van der Waals surface area contributed by atoms with E-state index >= 15 is 0 Å². The second-order valence-electron chi connectivity index (χ2n) is 7.51. The Morgan fingerprint density at radius 1 is 0.914 bits per heavy atom. The van der Waals surface area contributed by atoms with E-state index in [0.29, 0.717) is 16.9 Å². The van der Waals surface area contributed by atoms with E-state index in [1.54, 1.807) is 17.0 Å². The Balaban J connectivity index is 1.48. The molecule has 0 aliphatic carbocycles. The fourth-order valence-electron chi connectivity index (χ4n) is 3.48. The van der Waals surface area contributed by atoms with Gasteiger partial charge in [0.1, 0.15) is 12.1 Å². The van der Waals surface area contributed by atoms with Crippen LogP contribution in [-0.4, -0.2) is 31.2 Å². The molecule has 2 aromatic heterocycles. The number of hydrogen-bond donors (Lipinski definition) is 1. The highest BCUT2D eigenvalue weighted by Gasteiger charge is 2.21. The molecule has 0 saturated heterocycles. The molecule has 0 aliphatic heterocycles. The van der Waals surface area contributed by atoms with Crippen molar-refractivity contribution < 1.29 is 22.8 Å². The van der Waals surface area contributed by atoms with E-state index in [1.807, 2.05) is 0 Å². The Labute approximate surface area is 195 Å². The van der Waals surface area contributed by atoms with Gasteiger partial charge >= 0.3 is 0 Å². The number of fused-ring (bicyclic) bond motifs is 1. The van der Waals surface area contributed by atoms with Crippen molar-refractivity contribution >= 4 is 28.4 Å². The highest BCUT2D eigenvalue weighted by molar-refractivity contribution is 6.11. The number of rotatable bonds is 5. The van der Waals surface area contributed by atoms with Crippen LogP contribution in [0.2, 0.25) is 0 Å². The van der Waals surface area contributed by atoms with Crippen molar-refractivity contribution in [1.82, 2.24) is 19.5 Å². The van der Waals surface area contributed by atoms with Gasteiger partial charge in [-0.05, 0) is 42.5 Å². The van der Waals surface area contributed by atoms with Crippen molar-refractivity contribution in [2.75, 3.05) is 5.32 Å². The largest absolute Gasteiger partial charge is 0.322 e. The molecule has 35 heavy (non-hydrogen) atoms. The summed E-state index contributed by atoms with van der Waals surface area (Å²) in [5.74, 6) is -4.43. The summed E-state index contributed by atoms with van der Waals surface area (Å²) in [6.07, 6.45) is 6.31. The predicted octanol–water partition coefficient (Wildman–Crippen LogP) is 4.72. The number of amides is 1. The summed E-state index contributed by atoms with van der Waals surface area (Å²) >= 11 is 0. The van der Waals surface area contributed by atoms with Crippen molar-refractivity contribution in [2.24, 2.45) is 0 Å². The van der Waals surface area contributed by atoms with Crippen LogP contribution in [0.3, 0.4) is 0 Å². The van der Waals surface area contributed by atoms with E-state index in [2.05, 4.69) is 20.3 Å². The summed E-state index contributed by atoms with van der Waals surface area (Å²) in [6.45, 7) is 0. The number of benzene rings is 3. The maximum Gasteiger partial charge on any atom is 0.255 e. The molecule has 0 unspecified atom stereocenters. The number of aromatic nitrogens is 4. The average Bonchev–Trinajstić information content (AvgIpc) is 3.40. The SMILES string of the molecule is O=C(Nc1cc(F)c(F)c(C(=O)c2ccc3ncc(-n4ccnc4)nc3c2)c1)c1cccc(F)c1. The molecule has 5 aromatic rings. The number of carbonyl (C=O) groups is 2. The maximum absolute atomic E-state index is 14.6. The number of nitrogens with one attached hydrogen (secondary N) is 1. The van der Waals surface area contributed by atoms with Gasteiger partial charge in [-0.1, -0.05) is 6.07 Å². The quantitative estimate of drug-likeness (QED) is 0.373. The van der Waals surface area contributed by atoms with Crippen LogP contribution in [0.25, 0.3) is 16.9 Å². The molecule has 0 fully saturated rings. The zero-order chi connectivity index (χ0) is 24.5. The summed E-state index contributed by atoms with van der Waals surface area (Å²) in [6, 6.07) is 11.0. The predicted molar refractivity (Wildman–Crippen MR) is 121 cm³/mol. The first-order valence-electron chi connectivity index (χ1n) is 10.2. The molecule has 0 atom stereocenters. The van der Waals surface area contributed by atoms with E-state index in [0.717, 1.165) is 24.3 Å². The van der Waals surface area contributed by atoms with Crippen molar-refractivity contribution in [2.45, 2.75) is 0 Å². The number of ketones is 1. The number of imidazole rings is 1. The number of halogens is 3. The monoisotopic (exact) mass is 473 g/mol. The number of carbonyl (C=O) groups excluding carboxylic acids is 2. The smallest absolute Gasteiger partial charge is 0.255 e. The Hall–Kier alpha value is -4.86. The highest BCUT2D eigenvalue weighted by atomic mass is 19.2. The molecule has 0 saturated carbocycles. The lowest BCUT2D eigenvalue weighted by Crippen LogP contribution is -2.14. The highest BCUT2D eigenvalue weighted by Crippen LogP contribution is 2.24. The third kappa shape index (κ3) is 4.36. The van der Waals surface area contributed by atoms with Crippen LogP contribution in [0.4, 0.5) is 18.9 Å². The van der Waals surface area contributed by atoms with Gasteiger partial charge in [0, 0.05) is 35.3 Å². The van der Waals surface area contributed by atoms with Crippen LogP contribution in [-0.2, 0) is 0 Å². The van der Waals surface area contributed by atoms with Gasteiger partial charge in [0.25, 0.3) is 5.91 Å². The third-order valence-corrected chi connectivity index (χ3v) is 5.18. The Bertz CT molecular complexity index is 1600. The lowest BCUT2D eigenvalue weighted by molar-refractivity contribution is 0.101. The first-order valence-corrected chi connectivity index (χ1v) is 10.2. The Morgan fingerprint density at radius 2 is 1.77 bits per heavy atom. The van der Waals surface area contributed by atoms with Crippen LogP contribution >= 0.6 is 0 Å². The lowest BCUT2D eigenvalue weighted by Gasteiger charge is -2.10. The van der Waals surface area contributed by atoms with Gasteiger partial charge in [-0.15, -0.1) is 0 Å². The van der Waals surface area contributed by atoms with Crippen LogP contribution in [0.1, 0.15) is 26.3 Å². The molecular formula is C25H14F3N5O2. The molecular weight excluding hydrogens is 459 g/mol. The second kappa shape index (κ2) is 8.82. The van der Waals surface area contributed by atoms with Gasteiger partial charge in [0.2, 0.25) is 0 Å². The van der Waals surface area contributed by atoms with Crippen LogP contribution in [0.15, 0.2) is 79.5 Å². The second-order valence-corrected chi connectivity index (χ2v) is 7.51. The summed E-state index contributed by atoms with van der Waals surface area (Å²) in [7, 11) is 0. The van der Waals surface area contributed by atoms with Gasteiger partial charge in [0.15, 0.2) is 23.2 Å². The van der Waals surface area contributed by atoms with Gasteiger partial charge in [-0.25, -0.2) is 23.1 Å². The zero-order valence-corrected chi connectivity index (χ0v) is 17.7. The molecule has 0 spiro atoms. The molecule has 10 heteroatoms. The van der Waals surface area contributed by atoms with Crippen molar-refractivity contribution in [3.05, 3.63) is 114 Å². The molecule has 3 aromatic carbocycles. The van der Waals surface area contributed by atoms with Gasteiger partial charge < -0.3 is 5.32 Å². The number of hydrogen-bond acceptors (Lipinski definition) is 5. The minimum Gasteiger partial charge on any atom is -0.322 e. The van der Waals surface area contributed by atoms with Gasteiger partial charge in [-0.2, -0.15) is 0 Å². The number of anilines is 1. The van der Waals surface area contributed by atoms with E-state index in [9.17, 15) is 22.8 Å². The molecule has 172 valence electrons. The van der Waals surface area contributed by atoms with Crippen molar-refractivity contribution in [1.29, 1.82) is 0 Å². The lowest BCUT2D eigenvalue weighted by atomic mass is 10.0. The van der Waals surface area contributed by atoms with E-state index < -0.39 is 34.7 Å². The Kier molecular flexibility index (Phi) is 5.54. The van der Waals surface area contributed by atoms with E-state index in [1.165, 1.54) is 42.9 Å². The Morgan fingerprint density at radius 3 is 2.54 bits per heavy atom. The van der Waals surface area contributed by atoms with Crippen LogP contribution in [0.5, 0.6) is 0 Å². The first-order chi connectivity index (χ1) is 16.9. The molecule has 0 radical (unpaired) electrons. The minimum absolute atomic E-state index is 0.0237. The summed E-state index contributed by atoms with van der Waals surface area (Å²) < 4.78 is 44.0.